The summed E-state index contributed by atoms with van der Waals surface area (Å²) in [7, 11) is 3.08. The Bertz CT molecular complexity index is 1010. The fourth-order valence-corrected chi connectivity index (χ4v) is 3.48. The van der Waals surface area contributed by atoms with E-state index in [1.807, 2.05) is 48.5 Å². The zero-order valence-corrected chi connectivity index (χ0v) is 18.0. The summed E-state index contributed by atoms with van der Waals surface area (Å²) in [5, 5.41) is 1.54. The predicted molar refractivity (Wildman–Crippen MR) is 119 cm³/mol. The molecule has 0 aliphatic carbocycles. The summed E-state index contributed by atoms with van der Waals surface area (Å²) in [6.07, 6.45) is 3.13. The van der Waals surface area contributed by atoms with E-state index < -0.39 is 5.97 Å². The Labute approximate surface area is 177 Å². The Morgan fingerprint density at radius 2 is 1.50 bits per heavy atom. The molecule has 0 aliphatic heterocycles. The Balaban J connectivity index is 2.24. The van der Waals surface area contributed by atoms with Gasteiger partial charge in [-0.15, -0.1) is 0 Å². The van der Waals surface area contributed by atoms with Crippen LogP contribution in [0.5, 0.6) is 23.0 Å². The van der Waals surface area contributed by atoms with E-state index in [-0.39, 0.29) is 0 Å². The largest absolute Gasteiger partial charge is 0.490 e. The first-order valence-corrected chi connectivity index (χ1v) is 10.2. The minimum absolute atomic E-state index is 0.329. The van der Waals surface area contributed by atoms with Crippen molar-refractivity contribution in [2.45, 2.75) is 33.1 Å². The third-order valence-electron chi connectivity index (χ3n) is 4.88. The highest BCUT2D eigenvalue weighted by Gasteiger charge is 2.25. The molecule has 0 aliphatic rings. The summed E-state index contributed by atoms with van der Waals surface area (Å²) >= 11 is 0. The molecule has 0 aromatic heterocycles. The van der Waals surface area contributed by atoms with Crippen molar-refractivity contribution in [1.82, 2.24) is 0 Å². The summed E-state index contributed by atoms with van der Waals surface area (Å²) in [5.41, 5.74) is 2.06. The molecule has 5 nitrogen and oxygen atoms in total. The van der Waals surface area contributed by atoms with Gasteiger partial charge in [-0.05, 0) is 29.7 Å². The van der Waals surface area contributed by atoms with Crippen molar-refractivity contribution < 1.29 is 23.7 Å². The fourth-order valence-electron chi connectivity index (χ4n) is 3.48. The van der Waals surface area contributed by atoms with Gasteiger partial charge in [-0.1, -0.05) is 56.2 Å². The van der Waals surface area contributed by atoms with Gasteiger partial charge in [-0.25, -0.2) is 0 Å². The van der Waals surface area contributed by atoms with E-state index in [1.165, 1.54) is 14.0 Å². The smallest absolute Gasteiger partial charge is 0.308 e. The van der Waals surface area contributed by atoms with E-state index in [9.17, 15) is 4.79 Å². The van der Waals surface area contributed by atoms with Crippen molar-refractivity contribution in [3.05, 3.63) is 48.5 Å². The Morgan fingerprint density at radius 3 is 2.13 bits per heavy atom. The SMILES string of the molecule is CCCCCOc1c(OC)c(OC)c(OC(C)=O)c2cc(-c3ccccc3)ccc12. The number of unbranched alkanes of at least 4 members (excludes halogenated alkanes) is 2. The van der Waals surface area contributed by atoms with Crippen molar-refractivity contribution in [1.29, 1.82) is 0 Å². The Hall–Kier alpha value is -3.21. The highest BCUT2D eigenvalue weighted by atomic mass is 16.6. The molecule has 0 atom stereocenters. The van der Waals surface area contributed by atoms with Gasteiger partial charge in [-0.3, -0.25) is 4.79 Å². The van der Waals surface area contributed by atoms with Gasteiger partial charge < -0.3 is 18.9 Å². The maximum absolute atomic E-state index is 11.9. The van der Waals surface area contributed by atoms with Gasteiger partial charge in [0.2, 0.25) is 11.5 Å². The van der Waals surface area contributed by atoms with Crippen LogP contribution < -0.4 is 18.9 Å². The van der Waals surface area contributed by atoms with E-state index in [0.717, 1.165) is 41.2 Å². The molecular weight excluding hydrogens is 380 g/mol. The highest BCUT2D eigenvalue weighted by molar-refractivity contribution is 6.02. The number of esters is 1. The van der Waals surface area contributed by atoms with Gasteiger partial charge >= 0.3 is 5.97 Å². The van der Waals surface area contributed by atoms with Crippen LogP contribution in [0.2, 0.25) is 0 Å². The lowest BCUT2D eigenvalue weighted by Crippen LogP contribution is -2.07. The maximum atomic E-state index is 11.9. The maximum Gasteiger partial charge on any atom is 0.308 e. The molecule has 0 heterocycles. The summed E-state index contributed by atoms with van der Waals surface area (Å²) < 4.78 is 23.0. The lowest BCUT2D eigenvalue weighted by Gasteiger charge is -2.20. The van der Waals surface area contributed by atoms with E-state index in [0.29, 0.717) is 29.6 Å². The molecule has 0 amide bonds. The molecule has 0 fully saturated rings. The molecule has 0 saturated carbocycles. The lowest BCUT2D eigenvalue weighted by atomic mass is 9.99. The van der Waals surface area contributed by atoms with Crippen LogP contribution in [0.15, 0.2) is 48.5 Å². The molecule has 30 heavy (non-hydrogen) atoms. The topological polar surface area (TPSA) is 54.0 Å². The minimum atomic E-state index is -0.432. The normalized spacial score (nSPS) is 10.7. The lowest BCUT2D eigenvalue weighted by molar-refractivity contribution is -0.131. The van der Waals surface area contributed by atoms with Crippen LogP contribution >= 0.6 is 0 Å². The van der Waals surface area contributed by atoms with Crippen molar-refractivity contribution in [2.75, 3.05) is 20.8 Å². The fraction of sp³-hybridized carbons (Fsp3) is 0.320. The van der Waals surface area contributed by atoms with E-state index in [4.69, 9.17) is 18.9 Å². The second kappa shape index (κ2) is 10.0. The average molecular weight is 408 g/mol. The Kier molecular flexibility index (Phi) is 7.17. The second-order valence-electron chi connectivity index (χ2n) is 7.00. The van der Waals surface area contributed by atoms with Crippen molar-refractivity contribution in [3.63, 3.8) is 0 Å². The van der Waals surface area contributed by atoms with Gasteiger partial charge in [0, 0.05) is 17.7 Å². The van der Waals surface area contributed by atoms with Gasteiger partial charge in [0.05, 0.1) is 20.8 Å². The first-order chi connectivity index (χ1) is 14.6. The third kappa shape index (κ3) is 4.51. The predicted octanol–water partition coefficient (Wildman–Crippen LogP) is 6.02. The molecule has 3 rings (SSSR count). The molecule has 158 valence electrons. The van der Waals surface area contributed by atoms with E-state index >= 15 is 0 Å². The molecule has 3 aromatic rings. The zero-order chi connectivity index (χ0) is 21.5. The van der Waals surface area contributed by atoms with Crippen LogP contribution in [0.25, 0.3) is 21.9 Å². The number of carbonyl (C=O) groups is 1. The monoisotopic (exact) mass is 408 g/mol. The van der Waals surface area contributed by atoms with Crippen LogP contribution in [0.1, 0.15) is 33.1 Å². The molecule has 0 bridgehead atoms. The minimum Gasteiger partial charge on any atom is -0.490 e. The van der Waals surface area contributed by atoms with Crippen LogP contribution in [-0.4, -0.2) is 26.8 Å². The molecule has 3 aromatic carbocycles. The number of hydrogen-bond acceptors (Lipinski definition) is 5. The number of methoxy groups -OCH3 is 2. The molecule has 0 radical (unpaired) electrons. The third-order valence-corrected chi connectivity index (χ3v) is 4.88. The van der Waals surface area contributed by atoms with E-state index in [2.05, 4.69) is 6.92 Å². The van der Waals surface area contributed by atoms with Crippen LogP contribution in [0.3, 0.4) is 0 Å². The molecule has 0 unspecified atom stereocenters. The second-order valence-corrected chi connectivity index (χ2v) is 7.00. The average Bonchev–Trinajstić information content (AvgIpc) is 2.77. The standard InChI is InChI=1S/C25H28O5/c1-5-6-10-15-29-22-20-14-13-19(18-11-8-7-9-12-18)16-21(20)23(30-17(2)26)25(28-4)24(22)27-3/h7-9,11-14,16H,5-6,10,15H2,1-4H3. The van der Waals surface area contributed by atoms with Crippen LogP contribution in [0.4, 0.5) is 0 Å². The van der Waals surface area contributed by atoms with Gasteiger partial charge in [0.25, 0.3) is 0 Å². The zero-order valence-electron chi connectivity index (χ0n) is 18.0. The summed E-state index contributed by atoms with van der Waals surface area (Å²) in [5.74, 6) is 1.26. The van der Waals surface area contributed by atoms with Crippen LogP contribution in [0, 0.1) is 0 Å². The molecule has 0 saturated heterocycles. The first-order valence-electron chi connectivity index (χ1n) is 10.2. The van der Waals surface area contributed by atoms with Crippen molar-refractivity contribution in [3.8, 4) is 34.1 Å². The molecule has 0 N–H and O–H groups in total. The number of ether oxygens (including phenoxy) is 4. The molecule has 0 spiro atoms. The van der Waals surface area contributed by atoms with Gasteiger partial charge in [0.15, 0.2) is 11.5 Å². The summed E-state index contributed by atoms with van der Waals surface area (Å²) in [4.78, 5) is 11.9. The number of fused-ring (bicyclic) bond motifs is 1. The quantitative estimate of drug-likeness (QED) is 0.246. The van der Waals surface area contributed by atoms with Crippen molar-refractivity contribution >= 4 is 16.7 Å². The van der Waals surface area contributed by atoms with Crippen molar-refractivity contribution in [2.24, 2.45) is 0 Å². The number of hydrogen-bond donors (Lipinski definition) is 0. The van der Waals surface area contributed by atoms with Gasteiger partial charge in [-0.2, -0.15) is 0 Å². The Morgan fingerprint density at radius 1 is 0.800 bits per heavy atom. The number of rotatable bonds is 9. The first kappa shape index (κ1) is 21.5. The number of benzene rings is 3. The highest BCUT2D eigenvalue weighted by Crippen LogP contribution is 2.51. The van der Waals surface area contributed by atoms with Crippen LogP contribution in [-0.2, 0) is 4.79 Å². The van der Waals surface area contributed by atoms with Gasteiger partial charge in [0.1, 0.15) is 0 Å². The molecule has 5 heteroatoms. The summed E-state index contributed by atoms with van der Waals surface area (Å²) in [6.45, 7) is 4.09. The summed E-state index contributed by atoms with van der Waals surface area (Å²) in [6, 6.07) is 16.0. The molecular formula is C25H28O5. The number of carbonyl (C=O) groups excluding carboxylic acids is 1. The van der Waals surface area contributed by atoms with E-state index in [1.54, 1.807) is 7.11 Å².